The molecule has 0 aliphatic carbocycles. The topological polar surface area (TPSA) is 138 Å². The van der Waals surface area contributed by atoms with Crippen LogP contribution in [0.25, 0.3) is 0 Å². The Labute approximate surface area is 115 Å². The van der Waals surface area contributed by atoms with Crippen molar-refractivity contribution < 1.29 is 44.5 Å². The number of hydrogen-bond donors (Lipinski definition) is 5. The van der Waals surface area contributed by atoms with Crippen LogP contribution in [0, 0.1) is 0 Å². The lowest BCUT2D eigenvalue weighted by atomic mass is 10.0. The smallest absolute Gasteiger partial charge is 0.186 e. The third-order valence-corrected chi connectivity index (χ3v) is 3.50. The maximum Gasteiger partial charge on any atom is 0.186 e. The molecule has 20 heavy (non-hydrogen) atoms. The molecule has 2 fully saturated rings. The lowest BCUT2D eigenvalue weighted by Gasteiger charge is -2.41. The molecule has 9 heteroatoms. The SMILES string of the molecule is CO[C@@H]1CO[C@@H](O[C@@H]2CO[C@@H](O)C(O)C2O)[C@@H](O)C1O. The Balaban J connectivity index is 1.93. The molecular formula is C11H20O9. The second-order valence-electron chi connectivity index (χ2n) is 4.84. The van der Waals surface area contributed by atoms with Crippen molar-refractivity contribution in [3.8, 4) is 0 Å². The van der Waals surface area contributed by atoms with Crippen LogP contribution < -0.4 is 0 Å². The van der Waals surface area contributed by atoms with Gasteiger partial charge < -0.3 is 44.5 Å². The minimum atomic E-state index is -1.52. The fraction of sp³-hybridized carbons (Fsp3) is 1.00. The maximum atomic E-state index is 9.86. The minimum Gasteiger partial charge on any atom is -0.387 e. The summed E-state index contributed by atoms with van der Waals surface area (Å²) in [5.41, 5.74) is 0. The molecular weight excluding hydrogens is 276 g/mol. The zero-order chi connectivity index (χ0) is 14.9. The lowest BCUT2D eigenvalue weighted by Crippen LogP contribution is -2.59. The van der Waals surface area contributed by atoms with Crippen LogP contribution in [0.5, 0.6) is 0 Å². The second kappa shape index (κ2) is 6.60. The van der Waals surface area contributed by atoms with E-state index in [1.807, 2.05) is 0 Å². The first kappa shape index (κ1) is 16.0. The third kappa shape index (κ3) is 3.11. The van der Waals surface area contributed by atoms with Gasteiger partial charge >= 0.3 is 0 Å². The van der Waals surface area contributed by atoms with Gasteiger partial charge in [-0.05, 0) is 0 Å². The zero-order valence-electron chi connectivity index (χ0n) is 10.9. The zero-order valence-corrected chi connectivity index (χ0v) is 10.9. The molecule has 0 aromatic heterocycles. The van der Waals surface area contributed by atoms with Crippen molar-refractivity contribution >= 4 is 0 Å². The molecule has 2 rings (SSSR count). The summed E-state index contributed by atoms with van der Waals surface area (Å²) >= 11 is 0. The van der Waals surface area contributed by atoms with E-state index >= 15 is 0 Å². The van der Waals surface area contributed by atoms with Gasteiger partial charge in [-0.2, -0.15) is 0 Å². The summed E-state index contributed by atoms with van der Waals surface area (Å²) in [7, 11) is 1.38. The molecule has 0 aromatic rings. The fourth-order valence-electron chi connectivity index (χ4n) is 2.17. The summed E-state index contributed by atoms with van der Waals surface area (Å²) < 4.78 is 20.3. The van der Waals surface area contributed by atoms with Crippen LogP contribution in [-0.4, -0.2) is 95.1 Å². The monoisotopic (exact) mass is 296 g/mol. The quantitative estimate of drug-likeness (QED) is 0.359. The van der Waals surface area contributed by atoms with Crippen molar-refractivity contribution in [1.82, 2.24) is 0 Å². The molecule has 3 unspecified atom stereocenters. The van der Waals surface area contributed by atoms with Gasteiger partial charge in [-0.15, -0.1) is 0 Å². The largest absolute Gasteiger partial charge is 0.387 e. The summed E-state index contributed by atoms with van der Waals surface area (Å²) in [5.74, 6) is 0. The summed E-state index contributed by atoms with van der Waals surface area (Å²) in [4.78, 5) is 0. The lowest BCUT2D eigenvalue weighted by molar-refractivity contribution is -0.324. The van der Waals surface area contributed by atoms with Crippen LogP contribution in [0.2, 0.25) is 0 Å². The van der Waals surface area contributed by atoms with Crippen LogP contribution in [0.3, 0.4) is 0 Å². The van der Waals surface area contributed by atoms with Gasteiger partial charge in [0.2, 0.25) is 0 Å². The van der Waals surface area contributed by atoms with Crippen LogP contribution in [0.4, 0.5) is 0 Å². The molecule has 0 amide bonds. The predicted molar refractivity (Wildman–Crippen MR) is 61.4 cm³/mol. The van der Waals surface area contributed by atoms with Crippen molar-refractivity contribution in [2.24, 2.45) is 0 Å². The molecule has 8 atom stereocenters. The average molecular weight is 296 g/mol. The van der Waals surface area contributed by atoms with E-state index in [4.69, 9.17) is 18.9 Å². The third-order valence-electron chi connectivity index (χ3n) is 3.50. The summed E-state index contributed by atoms with van der Waals surface area (Å²) in [6.45, 7) is -0.177. The number of ether oxygens (including phenoxy) is 4. The molecule has 5 N–H and O–H groups in total. The first-order chi connectivity index (χ1) is 9.45. The van der Waals surface area contributed by atoms with Crippen molar-refractivity contribution in [2.45, 2.75) is 49.2 Å². The highest BCUT2D eigenvalue weighted by Crippen LogP contribution is 2.23. The van der Waals surface area contributed by atoms with Gasteiger partial charge in [0.15, 0.2) is 12.6 Å². The van der Waals surface area contributed by atoms with E-state index in [1.165, 1.54) is 7.11 Å². The molecule has 2 aliphatic rings. The molecule has 0 bridgehead atoms. The van der Waals surface area contributed by atoms with Gasteiger partial charge in [0, 0.05) is 7.11 Å². The number of aliphatic hydroxyl groups is 5. The Hall–Kier alpha value is -0.360. The van der Waals surface area contributed by atoms with Gasteiger partial charge in [0.1, 0.15) is 36.6 Å². The summed E-state index contributed by atoms with van der Waals surface area (Å²) in [6, 6.07) is 0. The van der Waals surface area contributed by atoms with Gasteiger partial charge in [-0.25, -0.2) is 0 Å². The van der Waals surface area contributed by atoms with E-state index < -0.39 is 49.2 Å². The van der Waals surface area contributed by atoms with E-state index in [0.717, 1.165) is 0 Å². The van der Waals surface area contributed by atoms with Crippen LogP contribution in [-0.2, 0) is 18.9 Å². The molecule has 0 aromatic carbocycles. The molecule has 0 spiro atoms. The van der Waals surface area contributed by atoms with Crippen molar-refractivity contribution in [2.75, 3.05) is 20.3 Å². The van der Waals surface area contributed by atoms with Crippen molar-refractivity contribution in [3.05, 3.63) is 0 Å². The minimum absolute atomic E-state index is 0.00818. The number of methoxy groups -OCH3 is 1. The van der Waals surface area contributed by atoms with Gasteiger partial charge in [-0.3, -0.25) is 0 Å². The summed E-state index contributed by atoms with van der Waals surface area (Å²) in [5, 5.41) is 48.1. The number of rotatable bonds is 3. The van der Waals surface area contributed by atoms with E-state index in [1.54, 1.807) is 0 Å². The standard InChI is InChI=1S/C11H20O9/c1-17-4-2-19-11(9(15)6(4)12)20-5-3-18-10(16)8(14)7(5)13/h4-16H,2-3H2,1H3/t4-,5-,6?,7?,8?,9+,10-,11+/m1/s1. The molecule has 9 nitrogen and oxygen atoms in total. The predicted octanol–water partition coefficient (Wildman–Crippen LogP) is -3.46. The Bertz CT molecular complexity index is 314. The molecule has 118 valence electrons. The molecule has 2 aliphatic heterocycles. The van der Waals surface area contributed by atoms with Crippen LogP contribution >= 0.6 is 0 Å². The Morgan fingerprint density at radius 2 is 1.40 bits per heavy atom. The first-order valence-electron chi connectivity index (χ1n) is 6.27. The molecule has 2 heterocycles. The van der Waals surface area contributed by atoms with E-state index in [2.05, 4.69) is 0 Å². The molecule has 0 saturated carbocycles. The Morgan fingerprint density at radius 1 is 0.800 bits per heavy atom. The van der Waals surface area contributed by atoms with Crippen LogP contribution in [0.15, 0.2) is 0 Å². The van der Waals surface area contributed by atoms with E-state index in [-0.39, 0.29) is 13.2 Å². The van der Waals surface area contributed by atoms with Gasteiger partial charge in [0.25, 0.3) is 0 Å². The van der Waals surface area contributed by atoms with E-state index in [0.29, 0.717) is 0 Å². The first-order valence-corrected chi connectivity index (χ1v) is 6.27. The highest BCUT2D eigenvalue weighted by atomic mass is 16.7. The number of aliphatic hydroxyl groups excluding tert-OH is 5. The average Bonchev–Trinajstić information content (AvgIpc) is 2.44. The van der Waals surface area contributed by atoms with Crippen molar-refractivity contribution in [1.29, 1.82) is 0 Å². The Morgan fingerprint density at radius 3 is 2.05 bits per heavy atom. The van der Waals surface area contributed by atoms with Crippen LogP contribution in [0.1, 0.15) is 0 Å². The maximum absolute atomic E-state index is 9.86. The summed E-state index contributed by atoms with van der Waals surface area (Å²) in [6.07, 6.45) is -9.85. The fourth-order valence-corrected chi connectivity index (χ4v) is 2.17. The van der Waals surface area contributed by atoms with Gasteiger partial charge in [-0.1, -0.05) is 0 Å². The number of hydrogen-bond acceptors (Lipinski definition) is 9. The highest BCUT2D eigenvalue weighted by molar-refractivity contribution is 4.87. The normalized spacial score (nSPS) is 50.1. The molecule has 0 radical (unpaired) electrons. The van der Waals surface area contributed by atoms with Gasteiger partial charge in [0.05, 0.1) is 13.2 Å². The van der Waals surface area contributed by atoms with E-state index in [9.17, 15) is 25.5 Å². The Kier molecular flexibility index (Phi) is 5.29. The van der Waals surface area contributed by atoms with Crippen molar-refractivity contribution in [3.63, 3.8) is 0 Å². The highest BCUT2D eigenvalue weighted by Gasteiger charge is 2.44. The molecule has 2 saturated heterocycles. The second-order valence-corrected chi connectivity index (χ2v) is 4.84.